The van der Waals surface area contributed by atoms with Crippen molar-refractivity contribution in [2.45, 2.75) is 39.5 Å². The first-order valence-corrected chi connectivity index (χ1v) is 4.62. The normalized spacial score (nSPS) is 31.1. The molecule has 0 aliphatic heterocycles. The number of rotatable bonds is 1. The molecule has 1 fully saturated rings. The van der Waals surface area contributed by atoms with Crippen LogP contribution in [0.4, 0.5) is 0 Å². The smallest absolute Gasteiger partial charge is 0.0104 e. The van der Waals surface area contributed by atoms with Gasteiger partial charge in [-0.1, -0.05) is 32.8 Å². The first-order valence-electron chi connectivity index (χ1n) is 4.62. The third kappa shape index (κ3) is 1.97. The molecule has 62 valence electrons. The maximum Gasteiger partial charge on any atom is -0.0104 e. The van der Waals surface area contributed by atoms with E-state index in [2.05, 4.69) is 26.2 Å². The summed E-state index contributed by atoms with van der Waals surface area (Å²) in [7, 11) is 0. The summed E-state index contributed by atoms with van der Waals surface area (Å²) < 4.78 is 0. The molecule has 1 saturated carbocycles. The van der Waals surface area contributed by atoms with Crippen LogP contribution < -0.4 is 0 Å². The van der Waals surface area contributed by atoms with Crippen LogP contribution in [0.3, 0.4) is 0 Å². The Bertz CT molecular complexity index is 172. The number of hydrogen-bond acceptors (Lipinski definition) is 0. The van der Waals surface area contributed by atoms with Crippen molar-refractivity contribution in [1.82, 2.24) is 0 Å². The van der Waals surface area contributed by atoms with Crippen LogP contribution in [-0.4, -0.2) is 0 Å². The van der Waals surface area contributed by atoms with Crippen molar-refractivity contribution in [2.24, 2.45) is 11.8 Å². The molecule has 0 saturated heterocycles. The fourth-order valence-corrected chi connectivity index (χ4v) is 2.09. The molecule has 1 rings (SSSR count). The topological polar surface area (TPSA) is 0 Å². The molecule has 0 aromatic heterocycles. The Morgan fingerprint density at radius 3 is 2.55 bits per heavy atom. The molecule has 0 nitrogen and oxygen atoms in total. The second kappa shape index (κ2) is 3.78. The van der Waals surface area contributed by atoms with Crippen LogP contribution in [-0.2, 0) is 0 Å². The van der Waals surface area contributed by atoms with Gasteiger partial charge in [0.1, 0.15) is 0 Å². The summed E-state index contributed by atoms with van der Waals surface area (Å²) in [5.74, 6) is 1.64. The van der Waals surface area contributed by atoms with E-state index in [1.165, 1.54) is 31.3 Å². The predicted octanol–water partition coefficient (Wildman–Crippen LogP) is 3.54. The van der Waals surface area contributed by atoms with E-state index in [9.17, 15) is 0 Å². The second-order valence-electron chi connectivity index (χ2n) is 3.73. The zero-order valence-corrected chi connectivity index (χ0v) is 7.69. The standard InChI is InChI=1S/C11H18/c1-4-9(2)11-8-6-5-7-10(11)3/h10-11H,1,5-8H2,2-3H3. The minimum absolute atomic E-state index is 0.779. The van der Waals surface area contributed by atoms with Gasteiger partial charge in [-0.05, 0) is 30.8 Å². The molecule has 0 radical (unpaired) electrons. The van der Waals surface area contributed by atoms with Crippen molar-refractivity contribution >= 4 is 0 Å². The molecule has 0 aromatic rings. The summed E-state index contributed by atoms with van der Waals surface area (Å²) >= 11 is 0. The highest BCUT2D eigenvalue weighted by molar-refractivity contribution is 5.03. The van der Waals surface area contributed by atoms with Gasteiger partial charge in [-0.25, -0.2) is 0 Å². The molecule has 0 bridgehead atoms. The average molecular weight is 150 g/mol. The monoisotopic (exact) mass is 150 g/mol. The first-order chi connectivity index (χ1) is 5.25. The van der Waals surface area contributed by atoms with E-state index in [1.807, 2.05) is 0 Å². The molecule has 0 heterocycles. The molecule has 0 aromatic carbocycles. The van der Waals surface area contributed by atoms with Crippen molar-refractivity contribution in [3.8, 4) is 0 Å². The summed E-state index contributed by atoms with van der Waals surface area (Å²) in [5.41, 5.74) is 4.40. The van der Waals surface area contributed by atoms with Gasteiger partial charge in [-0.2, -0.15) is 0 Å². The van der Waals surface area contributed by atoms with E-state index in [4.69, 9.17) is 0 Å². The summed E-state index contributed by atoms with van der Waals surface area (Å²) in [5, 5.41) is 0. The molecule has 0 amide bonds. The van der Waals surface area contributed by atoms with Gasteiger partial charge in [0, 0.05) is 0 Å². The molecule has 11 heavy (non-hydrogen) atoms. The van der Waals surface area contributed by atoms with Gasteiger partial charge in [0.15, 0.2) is 0 Å². The summed E-state index contributed by atoms with van der Waals surface area (Å²) in [4.78, 5) is 0. The lowest BCUT2D eigenvalue weighted by molar-refractivity contribution is 0.293. The Hall–Kier alpha value is -0.480. The Balaban J connectivity index is 2.61. The van der Waals surface area contributed by atoms with Gasteiger partial charge in [0.2, 0.25) is 0 Å². The van der Waals surface area contributed by atoms with E-state index in [0.29, 0.717) is 0 Å². The molecule has 1 aliphatic carbocycles. The van der Waals surface area contributed by atoms with Gasteiger partial charge >= 0.3 is 0 Å². The van der Waals surface area contributed by atoms with Gasteiger partial charge < -0.3 is 0 Å². The highest BCUT2D eigenvalue weighted by Gasteiger charge is 2.21. The van der Waals surface area contributed by atoms with Crippen molar-refractivity contribution in [2.75, 3.05) is 0 Å². The molecule has 2 unspecified atom stereocenters. The molecule has 0 heteroatoms. The molecule has 2 atom stereocenters. The fraction of sp³-hybridized carbons (Fsp3) is 0.727. The lowest BCUT2D eigenvalue weighted by atomic mass is 9.77. The van der Waals surface area contributed by atoms with E-state index < -0.39 is 0 Å². The Morgan fingerprint density at radius 2 is 2.00 bits per heavy atom. The lowest BCUT2D eigenvalue weighted by Crippen LogP contribution is -2.17. The van der Waals surface area contributed by atoms with Gasteiger partial charge in [-0.15, -0.1) is 5.73 Å². The van der Waals surface area contributed by atoms with Crippen molar-refractivity contribution in [3.05, 3.63) is 17.9 Å². The van der Waals surface area contributed by atoms with Crippen LogP contribution in [0.25, 0.3) is 0 Å². The van der Waals surface area contributed by atoms with E-state index >= 15 is 0 Å². The van der Waals surface area contributed by atoms with Crippen LogP contribution in [0.5, 0.6) is 0 Å². The average Bonchev–Trinajstić information content (AvgIpc) is 2.04. The third-order valence-electron chi connectivity index (χ3n) is 2.95. The Labute approximate surface area is 70.0 Å². The van der Waals surface area contributed by atoms with Crippen molar-refractivity contribution in [3.63, 3.8) is 0 Å². The van der Waals surface area contributed by atoms with Crippen LogP contribution in [0.2, 0.25) is 0 Å². The predicted molar refractivity (Wildman–Crippen MR) is 49.4 cm³/mol. The lowest BCUT2D eigenvalue weighted by Gasteiger charge is -2.28. The van der Waals surface area contributed by atoms with Gasteiger partial charge in [-0.3, -0.25) is 0 Å². The van der Waals surface area contributed by atoms with Crippen LogP contribution >= 0.6 is 0 Å². The number of allylic oxidation sites excluding steroid dienone is 1. The first kappa shape index (κ1) is 8.62. The van der Waals surface area contributed by atoms with Crippen LogP contribution in [0, 0.1) is 11.8 Å². The highest BCUT2D eigenvalue weighted by Crippen LogP contribution is 2.33. The SMILES string of the molecule is C=C=C(C)C1CCCCC1C. The van der Waals surface area contributed by atoms with E-state index in [0.717, 1.165) is 11.8 Å². The molecule has 1 aliphatic rings. The minimum atomic E-state index is 0.779. The quantitative estimate of drug-likeness (QED) is 0.501. The summed E-state index contributed by atoms with van der Waals surface area (Å²) in [6, 6.07) is 0. The Kier molecular flexibility index (Phi) is 2.96. The van der Waals surface area contributed by atoms with Crippen LogP contribution in [0.15, 0.2) is 17.9 Å². The maximum atomic E-state index is 3.71. The number of hydrogen-bond donors (Lipinski definition) is 0. The zero-order valence-electron chi connectivity index (χ0n) is 7.69. The van der Waals surface area contributed by atoms with E-state index in [1.54, 1.807) is 0 Å². The van der Waals surface area contributed by atoms with Crippen molar-refractivity contribution in [1.29, 1.82) is 0 Å². The molecule has 0 spiro atoms. The minimum Gasteiger partial charge on any atom is -0.130 e. The summed E-state index contributed by atoms with van der Waals surface area (Å²) in [6.45, 7) is 8.23. The zero-order chi connectivity index (χ0) is 8.27. The Morgan fingerprint density at radius 1 is 1.36 bits per heavy atom. The van der Waals surface area contributed by atoms with Crippen molar-refractivity contribution < 1.29 is 0 Å². The van der Waals surface area contributed by atoms with Crippen LogP contribution in [0.1, 0.15) is 39.5 Å². The molecule has 0 N–H and O–H groups in total. The highest BCUT2D eigenvalue weighted by atomic mass is 14.3. The van der Waals surface area contributed by atoms with Gasteiger partial charge in [0.25, 0.3) is 0 Å². The maximum absolute atomic E-state index is 3.71. The fourth-order valence-electron chi connectivity index (χ4n) is 2.09. The van der Waals surface area contributed by atoms with Gasteiger partial charge in [0.05, 0.1) is 0 Å². The second-order valence-corrected chi connectivity index (χ2v) is 3.73. The summed E-state index contributed by atoms with van der Waals surface area (Å²) in [6.07, 6.45) is 5.56. The van der Waals surface area contributed by atoms with E-state index in [-0.39, 0.29) is 0 Å². The largest absolute Gasteiger partial charge is 0.130 e. The molecular weight excluding hydrogens is 132 g/mol. The third-order valence-corrected chi connectivity index (χ3v) is 2.95. The molecular formula is C11H18.